The summed E-state index contributed by atoms with van der Waals surface area (Å²) in [6.07, 6.45) is 3.86. The van der Waals surface area contributed by atoms with Crippen molar-refractivity contribution in [2.75, 3.05) is 4.90 Å². The molecule has 2 saturated heterocycles. The Morgan fingerprint density at radius 2 is 1.27 bits per heavy atom. The van der Waals surface area contributed by atoms with Crippen molar-refractivity contribution in [3.05, 3.63) is 66.7 Å². The number of imide groups is 1. The molecule has 0 radical (unpaired) electrons. The van der Waals surface area contributed by atoms with Crippen LogP contribution in [0.25, 0.3) is 11.1 Å². The molecule has 0 unspecified atom stereocenters. The second-order valence-electron chi connectivity index (χ2n) is 7.68. The molecule has 0 saturated carbocycles. The van der Waals surface area contributed by atoms with Gasteiger partial charge in [0.15, 0.2) is 0 Å². The van der Waals surface area contributed by atoms with Gasteiger partial charge < -0.3 is 4.74 Å². The van der Waals surface area contributed by atoms with E-state index in [-0.39, 0.29) is 11.8 Å². The van der Waals surface area contributed by atoms with Gasteiger partial charge in [-0.3, -0.25) is 9.59 Å². The Bertz CT molecular complexity index is 913. The second-order valence-corrected chi connectivity index (χ2v) is 7.68. The van der Waals surface area contributed by atoms with Crippen LogP contribution in [0.4, 0.5) is 5.69 Å². The summed E-state index contributed by atoms with van der Waals surface area (Å²) < 4.78 is 6.04. The van der Waals surface area contributed by atoms with E-state index in [1.54, 1.807) is 0 Å². The predicted octanol–water partition coefficient (Wildman–Crippen LogP) is 3.58. The molecule has 4 heteroatoms. The third kappa shape index (κ3) is 1.88. The summed E-state index contributed by atoms with van der Waals surface area (Å²) in [6.45, 7) is 3.79. The lowest BCUT2D eigenvalue weighted by molar-refractivity contribution is -0.128. The normalized spacial score (nSPS) is 34.6. The van der Waals surface area contributed by atoms with Crippen LogP contribution in [0, 0.1) is 11.8 Å². The van der Waals surface area contributed by atoms with Crippen molar-refractivity contribution in [1.82, 2.24) is 0 Å². The van der Waals surface area contributed by atoms with E-state index < -0.39 is 23.0 Å². The highest BCUT2D eigenvalue weighted by Crippen LogP contribution is 2.57. The van der Waals surface area contributed by atoms with Crippen molar-refractivity contribution in [1.29, 1.82) is 0 Å². The Hall–Kier alpha value is -2.72. The fraction of sp³-hybridized carbons (Fsp3) is 0.273. The summed E-state index contributed by atoms with van der Waals surface area (Å²) in [7, 11) is 0. The standard InChI is InChI=1S/C22H19NO3/c1-21-12-13-22(2,26-21)18-17(21)19(24)23(20(18)25)16-10-8-15(9-11-16)14-6-4-3-5-7-14/h3-13,17-18H,1-2H3/t17-,18+,21-,22-/m0/s1. The molecule has 26 heavy (non-hydrogen) atoms. The van der Waals surface area contributed by atoms with Crippen molar-refractivity contribution in [3.63, 3.8) is 0 Å². The number of rotatable bonds is 2. The van der Waals surface area contributed by atoms with Gasteiger partial charge in [-0.25, -0.2) is 4.90 Å². The highest BCUT2D eigenvalue weighted by molar-refractivity contribution is 6.23. The lowest BCUT2D eigenvalue weighted by Crippen LogP contribution is -2.39. The molecule has 3 aliphatic heterocycles. The number of benzene rings is 2. The lowest BCUT2D eigenvalue weighted by atomic mass is 9.73. The number of hydrogen-bond acceptors (Lipinski definition) is 3. The first-order chi connectivity index (χ1) is 12.4. The van der Waals surface area contributed by atoms with Crippen molar-refractivity contribution in [2.45, 2.75) is 25.0 Å². The Balaban J connectivity index is 1.51. The monoisotopic (exact) mass is 345 g/mol. The highest BCUT2D eigenvalue weighted by atomic mass is 16.5. The van der Waals surface area contributed by atoms with E-state index in [9.17, 15) is 9.59 Å². The minimum absolute atomic E-state index is 0.164. The zero-order valence-corrected chi connectivity index (χ0v) is 14.7. The molecule has 0 N–H and O–H groups in total. The Labute approximate surface area is 152 Å². The van der Waals surface area contributed by atoms with Crippen LogP contribution in [-0.4, -0.2) is 23.0 Å². The van der Waals surface area contributed by atoms with E-state index in [4.69, 9.17) is 4.74 Å². The number of carbonyl (C=O) groups is 2. The lowest BCUT2D eigenvalue weighted by Gasteiger charge is -2.25. The largest absolute Gasteiger partial charge is 0.359 e. The van der Waals surface area contributed by atoms with Gasteiger partial charge in [-0.15, -0.1) is 0 Å². The van der Waals surface area contributed by atoms with Gasteiger partial charge in [0.1, 0.15) is 0 Å². The van der Waals surface area contributed by atoms with Crippen LogP contribution < -0.4 is 4.90 Å². The molecule has 0 aliphatic carbocycles. The molecule has 2 aromatic carbocycles. The first-order valence-corrected chi connectivity index (χ1v) is 8.87. The number of amides is 2. The van der Waals surface area contributed by atoms with E-state index in [2.05, 4.69) is 0 Å². The summed E-state index contributed by atoms with van der Waals surface area (Å²) in [5.74, 6) is -1.22. The van der Waals surface area contributed by atoms with Gasteiger partial charge in [0, 0.05) is 0 Å². The number of carbonyl (C=O) groups excluding carboxylic acids is 2. The predicted molar refractivity (Wildman–Crippen MR) is 98.4 cm³/mol. The maximum atomic E-state index is 13.1. The van der Waals surface area contributed by atoms with E-state index in [0.29, 0.717) is 5.69 Å². The summed E-state index contributed by atoms with van der Waals surface area (Å²) >= 11 is 0. The minimum atomic E-state index is -0.690. The fourth-order valence-corrected chi connectivity index (χ4v) is 4.72. The van der Waals surface area contributed by atoms with Gasteiger partial charge >= 0.3 is 0 Å². The van der Waals surface area contributed by atoms with Crippen LogP contribution in [0.5, 0.6) is 0 Å². The number of anilines is 1. The van der Waals surface area contributed by atoms with E-state index in [0.717, 1.165) is 11.1 Å². The molecule has 130 valence electrons. The Morgan fingerprint density at radius 1 is 0.769 bits per heavy atom. The van der Waals surface area contributed by atoms with Gasteiger partial charge in [-0.2, -0.15) is 0 Å². The third-order valence-corrected chi connectivity index (χ3v) is 5.96. The zero-order valence-electron chi connectivity index (χ0n) is 14.7. The number of hydrogen-bond donors (Lipinski definition) is 0. The second kappa shape index (κ2) is 4.92. The van der Waals surface area contributed by atoms with Crippen LogP contribution in [0.15, 0.2) is 66.7 Å². The fourth-order valence-electron chi connectivity index (χ4n) is 4.72. The van der Waals surface area contributed by atoms with Crippen molar-refractivity contribution < 1.29 is 14.3 Å². The molecule has 0 aromatic heterocycles. The third-order valence-electron chi connectivity index (χ3n) is 5.96. The molecule has 0 spiro atoms. The quantitative estimate of drug-likeness (QED) is 0.617. The van der Waals surface area contributed by atoms with Crippen molar-refractivity contribution >= 4 is 17.5 Å². The zero-order chi connectivity index (χ0) is 18.1. The average molecular weight is 345 g/mol. The van der Waals surface area contributed by atoms with Crippen molar-refractivity contribution in [3.8, 4) is 11.1 Å². The molecule has 2 amide bonds. The highest BCUT2D eigenvalue weighted by Gasteiger charge is 2.70. The number of ether oxygens (including phenoxy) is 1. The van der Waals surface area contributed by atoms with Gasteiger partial charge in [0.25, 0.3) is 0 Å². The summed E-state index contributed by atoms with van der Waals surface area (Å²) in [5.41, 5.74) is 1.40. The summed E-state index contributed by atoms with van der Waals surface area (Å²) in [6, 6.07) is 17.6. The number of fused-ring (bicyclic) bond motifs is 5. The first-order valence-electron chi connectivity index (χ1n) is 8.87. The van der Waals surface area contributed by atoms with Gasteiger partial charge in [0.05, 0.1) is 28.7 Å². The summed E-state index contributed by atoms with van der Waals surface area (Å²) in [4.78, 5) is 27.5. The van der Waals surface area contributed by atoms with Gasteiger partial charge in [-0.1, -0.05) is 54.6 Å². The van der Waals surface area contributed by atoms with E-state index in [1.807, 2.05) is 80.6 Å². The molecule has 4 atom stereocenters. The molecular weight excluding hydrogens is 326 g/mol. The average Bonchev–Trinajstić information content (AvgIpc) is 3.20. The Kier molecular flexibility index (Phi) is 2.94. The molecule has 3 aliphatic rings. The van der Waals surface area contributed by atoms with Crippen LogP contribution >= 0.6 is 0 Å². The van der Waals surface area contributed by atoms with E-state index >= 15 is 0 Å². The molecule has 2 bridgehead atoms. The first kappa shape index (κ1) is 15.5. The van der Waals surface area contributed by atoms with Gasteiger partial charge in [0.2, 0.25) is 11.8 Å². The maximum absolute atomic E-state index is 13.1. The SMILES string of the molecule is C[C@@]12C=C[C@](C)(O1)[C@H]1C(=O)N(c3ccc(-c4ccccc4)cc3)C(=O)[C@H]12. The summed E-state index contributed by atoms with van der Waals surface area (Å²) in [5, 5.41) is 0. The van der Waals surface area contributed by atoms with Crippen LogP contribution in [-0.2, 0) is 14.3 Å². The molecule has 2 aromatic rings. The van der Waals surface area contributed by atoms with Gasteiger partial charge in [-0.05, 0) is 37.1 Å². The number of nitrogens with zero attached hydrogens (tertiary/aromatic N) is 1. The molecular formula is C22H19NO3. The topological polar surface area (TPSA) is 46.6 Å². The van der Waals surface area contributed by atoms with Crippen LogP contribution in [0.3, 0.4) is 0 Å². The molecule has 3 heterocycles. The smallest absolute Gasteiger partial charge is 0.241 e. The minimum Gasteiger partial charge on any atom is -0.359 e. The van der Waals surface area contributed by atoms with E-state index in [1.165, 1.54) is 4.90 Å². The van der Waals surface area contributed by atoms with Crippen LogP contribution in [0.1, 0.15) is 13.8 Å². The molecule has 5 rings (SSSR count). The van der Waals surface area contributed by atoms with Crippen LogP contribution in [0.2, 0.25) is 0 Å². The molecule has 4 nitrogen and oxygen atoms in total. The molecule has 2 fully saturated rings. The Morgan fingerprint density at radius 3 is 1.81 bits per heavy atom. The maximum Gasteiger partial charge on any atom is 0.241 e. The van der Waals surface area contributed by atoms with Crippen molar-refractivity contribution in [2.24, 2.45) is 11.8 Å².